The smallest absolute Gasteiger partial charge is 0.167 e. The number of anilines is 1. The standard InChI is InChI=1S/C17H22N4O5/c1-5-10-7-21(15-12(10)14(18-9-19-15)20-25-6-2)16-17(3,24-4)13(23)11(8-22)26-16/h1,7,9,11,13,16,22-23H,6,8H2,2-4H3,(H,18,19,20)/t11?,13?,16-,17-/m1/s1. The van der Waals surface area contributed by atoms with Crippen LogP contribution in [0.15, 0.2) is 12.5 Å². The average Bonchev–Trinajstić information content (AvgIpc) is 3.16. The first kappa shape index (κ1) is 18.6. The van der Waals surface area contributed by atoms with Gasteiger partial charge in [-0.05, 0) is 13.8 Å². The number of aromatic nitrogens is 3. The molecule has 0 spiro atoms. The van der Waals surface area contributed by atoms with Crippen molar-refractivity contribution in [3.8, 4) is 12.3 Å². The second kappa shape index (κ2) is 7.19. The first-order valence-corrected chi connectivity index (χ1v) is 8.21. The van der Waals surface area contributed by atoms with Crippen molar-refractivity contribution in [2.24, 2.45) is 0 Å². The number of nitrogens with zero attached hydrogens (tertiary/aromatic N) is 3. The fourth-order valence-electron chi connectivity index (χ4n) is 3.19. The molecule has 0 saturated carbocycles. The molecule has 0 bridgehead atoms. The van der Waals surface area contributed by atoms with Crippen molar-refractivity contribution >= 4 is 16.9 Å². The molecule has 1 saturated heterocycles. The minimum atomic E-state index is -1.11. The van der Waals surface area contributed by atoms with E-state index in [-0.39, 0.29) is 6.61 Å². The fraction of sp³-hybridized carbons (Fsp3) is 0.529. The van der Waals surface area contributed by atoms with Crippen molar-refractivity contribution in [2.45, 2.75) is 37.9 Å². The van der Waals surface area contributed by atoms with Crippen LogP contribution < -0.4 is 5.48 Å². The van der Waals surface area contributed by atoms with E-state index in [0.29, 0.717) is 29.0 Å². The summed E-state index contributed by atoms with van der Waals surface area (Å²) in [5.41, 5.74) is 2.68. The van der Waals surface area contributed by atoms with Gasteiger partial charge in [0.15, 0.2) is 12.0 Å². The van der Waals surface area contributed by atoms with Gasteiger partial charge in [0.05, 0.1) is 24.2 Å². The van der Waals surface area contributed by atoms with Gasteiger partial charge < -0.3 is 24.3 Å². The molecule has 3 heterocycles. The Kier molecular flexibility index (Phi) is 5.13. The van der Waals surface area contributed by atoms with Crippen LogP contribution in [0, 0.1) is 12.3 Å². The molecule has 0 aliphatic carbocycles. The molecule has 9 heteroatoms. The molecule has 140 valence electrons. The third-order valence-electron chi connectivity index (χ3n) is 4.68. The van der Waals surface area contributed by atoms with E-state index in [1.807, 2.05) is 6.92 Å². The molecule has 9 nitrogen and oxygen atoms in total. The normalized spacial score (nSPS) is 28.4. The molecule has 0 radical (unpaired) electrons. The number of aliphatic hydroxyl groups excluding tert-OH is 2. The van der Waals surface area contributed by atoms with E-state index in [4.69, 9.17) is 20.7 Å². The lowest BCUT2D eigenvalue weighted by molar-refractivity contribution is -0.118. The van der Waals surface area contributed by atoms with Crippen LogP contribution in [0.4, 0.5) is 5.82 Å². The Hall–Kier alpha value is -2.22. The van der Waals surface area contributed by atoms with Crippen LogP contribution in [-0.4, -0.2) is 62.9 Å². The van der Waals surface area contributed by atoms with E-state index < -0.39 is 24.0 Å². The summed E-state index contributed by atoms with van der Waals surface area (Å²) in [7, 11) is 1.48. The van der Waals surface area contributed by atoms with Crippen LogP contribution in [0.2, 0.25) is 0 Å². The van der Waals surface area contributed by atoms with E-state index in [0.717, 1.165) is 0 Å². The Morgan fingerprint density at radius 3 is 2.88 bits per heavy atom. The molecule has 26 heavy (non-hydrogen) atoms. The van der Waals surface area contributed by atoms with Crippen molar-refractivity contribution in [3.63, 3.8) is 0 Å². The van der Waals surface area contributed by atoms with Crippen LogP contribution in [0.25, 0.3) is 11.0 Å². The summed E-state index contributed by atoms with van der Waals surface area (Å²) in [6, 6.07) is 0. The molecule has 1 aliphatic heterocycles. The molecular formula is C17H22N4O5. The lowest BCUT2D eigenvalue weighted by Gasteiger charge is -2.31. The molecule has 2 aromatic heterocycles. The SMILES string of the molecule is C#Cc1cn([C@@H]2OC(CO)C(O)[C@@]2(C)OC)c2ncnc(NOCC)c12. The first-order chi connectivity index (χ1) is 12.5. The summed E-state index contributed by atoms with van der Waals surface area (Å²) in [6.45, 7) is 3.64. The zero-order valence-electron chi connectivity index (χ0n) is 14.8. The minimum Gasteiger partial charge on any atom is -0.394 e. The first-order valence-electron chi connectivity index (χ1n) is 8.21. The highest BCUT2D eigenvalue weighted by atomic mass is 16.6. The van der Waals surface area contributed by atoms with E-state index in [2.05, 4.69) is 21.4 Å². The van der Waals surface area contributed by atoms with Gasteiger partial charge in [0, 0.05) is 13.3 Å². The van der Waals surface area contributed by atoms with Gasteiger partial charge in [0.2, 0.25) is 0 Å². The zero-order chi connectivity index (χ0) is 18.9. The van der Waals surface area contributed by atoms with Gasteiger partial charge >= 0.3 is 0 Å². The molecule has 0 aromatic carbocycles. The Morgan fingerprint density at radius 2 is 2.27 bits per heavy atom. The van der Waals surface area contributed by atoms with Crippen LogP contribution in [-0.2, 0) is 14.3 Å². The van der Waals surface area contributed by atoms with E-state index >= 15 is 0 Å². The largest absolute Gasteiger partial charge is 0.394 e. The summed E-state index contributed by atoms with van der Waals surface area (Å²) >= 11 is 0. The highest BCUT2D eigenvalue weighted by Gasteiger charge is 2.54. The molecule has 0 amide bonds. The predicted octanol–water partition coefficient (Wildman–Crippen LogP) is 0.432. The molecule has 3 N–H and O–H groups in total. The molecule has 2 unspecified atom stereocenters. The van der Waals surface area contributed by atoms with Crippen molar-refractivity contribution < 1.29 is 24.5 Å². The predicted molar refractivity (Wildman–Crippen MR) is 93.1 cm³/mol. The summed E-state index contributed by atoms with van der Waals surface area (Å²) in [5.74, 6) is 3.04. The van der Waals surface area contributed by atoms with E-state index in [1.165, 1.54) is 13.4 Å². The van der Waals surface area contributed by atoms with Crippen LogP contribution in [0.5, 0.6) is 0 Å². The number of ether oxygens (including phenoxy) is 2. The number of hydrogen-bond donors (Lipinski definition) is 3. The Morgan fingerprint density at radius 1 is 1.50 bits per heavy atom. The van der Waals surface area contributed by atoms with Gasteiger partial charge in [0.1, 0.15) is 29.8 Å². The molecule has 1 aliphatic rings. The summed E-state index contributed by atoms with van der Waals surface area (Å²) in [6.07, 6.45) is 6.14. The van der Waals surface area contributed by atoms with Crippen molar-refractivity contribution in [2.75, 3.05) is 25.8 Å². The van der Waals surface area contributed by atoms with E-state index in [1.54, 1.807) is 17.7 Å². The van der Waals surface area contributed by atoms with Crippen molar-refractivity contribution in [3.05, 3.63) is 18.1 Å². The number of fused-ring (bicyclic) bond motifs is 1. The maximum absolute atomic E-state index is 10.5. The number of aliphatic hydroxyl groups is 2. The minimum absolute atomic E-state index is 0.343. The summed E-state index contributed by atoms with van der Waals surface area (Å²) < 4.78 is 13.1. The van der Waals surface area contributed by atoms with Crippen molar-refractivity contribution in [1.82, 2.24) is 14.5 Å². The number of terminal acetylenes is 1. The van der Waals surface area contributed by atoms with Gasteiger partial charge in [-0.3, -0.25) is 4.84 Å². The van der Waals surface area contributed by atoms with Gasteiger partial charge in [-0.1, -0.05) is 5.92 Å². The van der Waals surface area contributed by atoms with Crippen LogP contribution in [0.1, 0.15) is 25.6 Å². The quantitative estimate of drug-likeness (QED) is 0.501. The molecule has 3 rings (SSSR count). The summed E-state index contributed by atoms with van der Waals surface area (Å²) in [4.78, 5) is 13.7. The lowest BCUT2D eigenvalue weighted by Crippen LogP contribution is -2.46. The lowest BCUT2D eigenvalue weighted by atomic mass is 9.96. The zero-order valence-corrected chi connectivity index (χ0v) is 14.8. The third-order valence-corrected chi connectivity index (χ3v) is 4.68. The molecular weight excluding hydrogens is 340 g/mol. The van der Waals surface area contributed by atoms with Gasteiger partial charge in [-0.15, -0.1) is 6.42 Å². The monoisotopic (exact) mass is 362 g/mol. The van der Waals surface area contributed by atoms with Crippen LogP contribution >= 0.6 is 0 Å². The maximum Gasteiger partial charge on any atom is 0.167 e. The topological polar surface area (TPSA) is 111 Å². The maximum atomic E-state index is 10.5. The Balaban J connectivity index is 2.15. The second-order valence-electron chi connectivity index (χ2n) is 6.09. The van der Waals surface area contributed by atoms with Gasteiger partial charge in [0.25, 0.3) is 0 Å². The molecule has 1 fully saturated rings. The number of rotatable bonds is 6. The highest BCUT2D eigenvalue weighted by molar-refractivity contribution is 5.93. The van der Waals surface area contributed by atoms with Gasteiger partial charge in [-0.25, -0.2) is 15.4 Å². The fourth-order valence-corrected chi connectivity index (χ4v) is 3.19. The molecule has 4 atom stereocenters. The molecule has 2 aromatic rings. The van der Waals surface area contributed by atoms with Gasteiger partial charge in [-0.2, -0.15) is 0 Å². The number of hydrogen-bond acceptors (Lipinski definition) is 8. The van der Waals surface area contributed by atoms with Crippen molar-refractivity contribution in [1.29, 1.82) is 0 Å². The second-order valence-corrected chi connectivity index (χ2v) is 6.09. The number of nitrogens with one attached hydrogen (secondary N) is 1. The Bertz CT molecular complexity index is 832. The number of methoxy groups -OCH3 is 1. The van der Waals surface area contributed by atoms with Crippen LogP contribution in [0.3, 0.4) is 0 Å². The Labute approximate surface area is 150 Å². The summed E-state index contributed by atoms with van der Waals surface area (Å²) in [5, 5.41) is 20.6. The third kappa shape index (κ3) is 2.72. The van der Waals surface area contributed by atoms with E-state index in [9.17, 15) is 10.2 Å². The highest BCUT2D eigenvalue weighted by Crippen LogP contribution is 2.43. The average molecular weight is 362 g/mol.